The molecule has 0 aliphatic rings. The van der Waals surface area contributed by atoms with Crippen LogP contribution in [0.5, 0.6) is 0 Å². The molecule has 0 radical (unpaired) electrons. The number of nitrogens with two attached hydrogens (primary N) is 1. The number of hydrogen-bond acceptors (Lipinski definition) is 4. The Morgan fingerprint density at radius 2 is 2.10 bits per heavy atom. The Morgan fingerprint density at radius 3 is 2.62 bits per heavy atom. The van der Waals surface area contributed by atoms with Crippen molar-refractivity contribution >= 4 is 37.3 Å². The van der Waals surface area contributed by atoms with Gasteiger partial charge in [-0.2, -0.15) is 4.31 Å². The molecule has 0 saturated carbocycles. The Labute approximate surface area is 137 Å². The molecular formula is C14H17BrN2O2S2. The van der Waals surface area contributed by atoms with Crippen molar-refractivity contribution in [3.63, 3.8) is 0 Å². The molecule has 1 unspecified atom stereocenters. The van der Waals surface area contributed by atoms with Crippen molar-refractivity contribution in [1.82, 2.24) is 4.31 Å². The van der Waals surface area contributed by atoms with E-state index >= 15 is 0 Å². The number of hydrogen-bond donors (Lipinski definition) is 1. The number of benzene rings is 1. The molecule has 1 aromatic heterocycles. The van der Waals surface area contributed by atoms with Crippen molar-refractivity contribution in [1.29, 1.82) is 0 Å². The van der Waals surface area contributed by atoms with Crippen molar-refractivity contribution in [3.8, 4) is 0 Å². The van der Waals surface area contributed by atoms with E-state index in [1.165, 1.54) is 4.31 Å². The summed E-state index contributed by atoms with van der Waals surface area (Å²) in [6.45, 7) is 2.26. The fourth-order valence-corrected chi connectivity index (χ4v) is 5.27. The highest BCUT2D eigenvalue weighted by atomic mass is 79.9. The fraction of sp³-hybridized carbons (Fsp3) is 0.286. The van der Waals surface area contributed by atoms with Crippen LogP contribution >= 0.6 is 27.3 Å². The average molecular weight is 389 g/mol. The Bertz CT molecular complexity index is 715. The number of nitrogens with zero attached hydrogens (tertiary/aromatic N) is 1. The highest BCUT2D eigenvalue weighted by molar-refractivity contribution is 9.10. The molecule has 1 heterocycles. The first-order chi connectivity index (χ1) is 9.87. The summed E-state index contributed by atoms with van der Waals surface area (Å²) in [7, 11) is -1.97. The third-order valence-corrected chi connectivity index (χ3v) is 7.34. The SMILES string of the molecule is CC(c1cccs1)N(C)S(=O)(=O)c1ccc(CN)cc1Br. The second-order valence-electron chi connectivity index (χ2n) is 4.68. The molecule has 0 amide bonds. The maximum absolute atomic E-state index is 12.8. The summed E-state index contributed by atoms with van der Waals surface area (Å²) in [5.74, 6) is 0. The van der Waals surface area contributed by atoms with Crippen LogP contribution in [0.15, 0.2) is 45.1 Å². The molecule has 2 N–H and O–H groups in total. The van der Waals surface area contributed by atoms with Gasteiger partial charge < -0.3 is 5.73 Å². The van der Waals surface area contributed by atoms with Crippen LogP contribution in [0.25, 0.3) is 0 Å². The zero-order valence-corrected chi connectivity index (χ0v) is 15.0. The van der Waals surface area contributed by atoms with Crippen LogP contribution in [0.2, 0.25) is 0 Å². The number of rotatable bonds is 5. The van der Waals surface area contributed by atoms with Crippen LogP contribution in [-0.2, 0) is 16.6 Å². The van der Waals surface area contributed by atoms with E-state index in [1.807, 2.05) is 24.4 Å². The van der Waals surface area contributed by atoms with Gasteiger partial charge in [0.15, 0.2) is 0 Å². The minimum Gasteiger partial charge on any atom is -0.326 e. The summed E-state index contributed by atoms with van der Waals surface area (Å²) in [5, 5.41) is 1.94. The molecule has 2 rings (SSSR count). The predicted molar refractivity (Wildman–Crippen MR) is 89.7 cm³/mol. The standard InChI is InChI=1S/C14H17BrN2O2S2/c1-10(13-4-3-7-20-13)17(2)21(18,19)14-6-5-11(9-16)8-12(14)15/h3-8,10H,9,16H2,1-2H3. The molecule has 0 aliphatic heterocycles. The van der Waals surface area contributed by atoms with E-state index in [0.29, 0.717) is 11.0 Å². The van der Waals surface area contributed by atoms with E-state index in [2.05, 4.69) is 15.9 Å². The van der Waals surface area contributed by atoms with E-state index in [4.69, 9.17) is 5.73 Å². The molecule has 0 bridgehead atoms. The van der Waals surface area contributed by atoms with Gasteiger partial charge in [-0.05, 0) is 52.0 Å². The van der Waals surface area contributed by atoms with Gasteiger partial charge in [-0.1, -0.05) is 12.1 Å². The summed E-state index contributed by atoms with van der Waals surface area (Å²) < 4.78 is 27.4. The number of halogens is 1. The fourth-order valence-electron chi connectivity index (χ4n) is 1.95. The van der Waals surface area contributed by atoms with E-state index in [1.54, 1.807) is 36.6 Å². The molecule has 114 valence electrons. The van der Waals surface area contributed by atoms with Gasteiger partial charge in [0.25, 0.3) is 0 Å². The van der Waals surface area contributed by atoms with Crippen LogP contribution in [0, 0.1) is 0 Å². The molecular weight excluding hydrogens is 372 g/mol. The van der Waals surface area contributed by atoms with E-state index < -0.39 is 10.0 Å². The second-order valence-corrected chi connectivity index (χ2v) is 8.48. The van der Waals surface area contributed by atoms with Crippen LogP contribution in [0.3, 0.4) is 0 Å². The maximum atomic E-state index is 12.8. The Balaban J connectivity index is 2.37. The molecule has 0 spiro atoms. The smallest absolute Gasteiger partial charge is 0.244 e. The molecule has 4 nitrogen and oxygen atoms in total. The molecule has 7 heteroatoms. The van der Waals surface area contributed by atoms with Crippen LogP contribution in [0.1, 0.15) is 23.4 Å². The normalized spacial score (nSPS) is 13.6. The molecule has 0 saturated heterocycles. The maximum Gasteiger partial charge on any atom is 0.244 e. The highest BCUT2D eigenvalue weighted by Gasteiger charge is 2.28. The second kappa shape index (κ2) is 6.58. The molecule has 0 fully saturated rings. The molecule has 0 aliphatic carbocycles. The van der Waals surface area contributed by atoms with Crippen LogP contribution in [-0.4, -0.2) is 19.8 Å². The van der Waals surface area contributed by atoms with Crippen molar-refractivity contribution in [3.05, 3.63) is 50.6 Å². The molecule has 1 atom stereocenters. The monoisotopic (exact) mass is 388 g/mol. The first kappa shape index (κ1) is 16.6. The number of thiophene rings is 1. The first-order valence-electron chi connectivity index (χ1n) is 6.38. The first-order valence-corrected chi connectivity index (χ1v) is 9.49. The zero-order chi connectivity index (χ0) is 15.6. The third-order valence-electron chi connectivity index (χ3n) is 3.39. The zero-order valence-electron chi connectivity index (χ0n) is 11.8. The molecule has 2 aromatic rings. The molecule has 1 aromatic carbocycles. The van der Waals surface area contributed by atoms with Crippen molar-refractivity contribution in [2.45, 2.75) is 24.4 Å². The highest BCUT2D eigenvalue weighted by Crippen LogP contribution is 2.31. The van der Waals surface area contributed by atoms with Crippen molar-refractivity contribution in [2.75, 3.05) is 7.05 Å². The summed E-state index contributed by atoms with van der Waals surface area (Å²) in [4.78, 5) is 1.27. The van der Waals surface area contributed by atoms with Gasteiger partial charge in [0.2, 0.25) is 10.0 Å². The summed E-state index contributed by atoms with van der Waals surface area (Å²) in [6.07, 6.45) is 0. The molecule has 21 heavy (non-hydrogen) atoms. The lowest BCUT2D eigenvalue weighted by Gasteiger charge is -2.24. The van der Waals surface area contributed by atoms with Crippen LogP contribution < -0.4 is 5.73 Å². The van der Waals surface area contributed by atoms with E-state index in [9.17, 15) is 8.42 Å². The van der Waals surface area contributed by atoms with Gasteiger partial charge in [0.05, 0.1) is 10.9 Å². The largest absolute Gasteiger partial charge is 0.326 e. The van der Waals surface area contributed by atoms with Crippen LogP contribution in [0.4, 0.5) is 0 Å². The van der Waals surface area contributed by atoms with E-state index in [0.717, 1.165) is 10.4 Å². The Morgan fingerprint density at radius 1 is 1.38 bits per heavy atom. The minimum atomic E-state index is -3.57. The van der Waals surface area contributed by atoms with Crippen molar-refractivity contribution in [2.24, 2.45) is 5.73 Å². The minimum absolute atomic E-state index is 0.212. The van der Waals surface area contributed by atoms with Crippen molar-refractivity contribution < 1.29 is 8.42 Å². The lowest BCUT2D eigenvalue weighted by molar-refractivity contribution is 0.402. The van der Waals surface area contributed by atoms with Gasteiger partial charge in [0, 0.05) is 22.9 Å². The van der Waals surface area contributed by atoms with Gasteiger partial charge in [-0.3, -0.25) is 0 Å². The Kier molecular flexibility index (Phi) is 5.21. The summed E-state index contributed by atoms with van der Waals surface area (Å²) >= 11 is 4.88. The summed E-state index contributed by atoms with van der Waals surface area (Å²) in [5.41, 5.74) is 6.45. The number of sulfonamides is 1. The average Bonchev–Trinajstić information content (AvgIpc) is 2.99. The third kappa shape index (κ3) is 3.37. The van der Waals surface area contributed by atoms with E-state index in [-0.39, 0.29) is 10.9 Å². The van der Waals surface area contributed by atoms with Gasteiger partial charge in [-0.15, -0.1) is 11.3 Å². The van der Waals surface area contributed by atoms with Gasteiger partial charge >= 0.3 is 0 Å². The quantitative estimate of drug-likeness (QED) is 0.853. The topological polar surface area (TPSA) is 63.4 Å². The van der Waals surface area contributed by atoms with Gasteiger partial charge in [0.1, 0.15) is 0 Å². The lowest BCUT2D eigenvalue weighted by Crippen LogP contribution is -2.29. The summed E-state index contributed by atoms with van der Waals surface area (Å²) in [6, 6.07) is 8.73. The predicted octanol–water partition coefficient (Wildman–Crippen LogP) is 3.35. The Hall–Kier alpha value is -0.730. The van der Waals surface area contributed by atoms with Gasteiger partial charge in [-0.25, -0.2) is 8.42 Å². The lowest BCUT2D eigenvalue weighted by atomic mass is 10.2.